The lowest BCUT2D eigenvalue weighted by Gasteiger charge is -2.27. The maximum atomic E-state index is 6.68. The van der Waals surface area contributed by atoms with E-state index in [4.69, 9.17) is 9.72 Å². The normalized spacial score (nSPS) is 13.1. The van der Waals surface area contributed by atoms with Crippen LogP contribution in [0.15, 0.2) is 140 Å². The minimum atomic E-state index is -0.0403. The molecule has 1 aliphatic heterocycles. The molecular formula is C47H43N7O. The standard InChI is InChI=1S/C47H43N7O/c1-46(2,3)31-18-20-38(45-50-28-48-29-51-45)42(24-31)53-30-52(40-16-9-10-17-41(40)53)33-12-11-13-34(26-33)55-35-19-21-37-36-14-7-8-15-39(36)54(43(37)27-35)44-25-32(22-23-49-44)47(4,5)6/h7-29H,30H2,1-6H3. The van der Waals surface area contributed by atoms with Crippen LogP contribution in [0.3, 0.4) is 0 Å². The predicted octanol–water partition coefficient (Wildman–Crippen LogP) is 11.7. The van der Waals surface area contributed by atoms with E-state index in [2.05, 4.69) is 186 Å². The van der Waals surface area contributed by atoms with Gasteiger partial charge < -0.3 is 14.5 Å². The summed E-state index contributed by atoms with van der Waals surface area (Å²) in [6, 6.07) is 42.6. The fourth-order valence-electron chi connectivity index (χ4n) is 7.55. The van der Waals surface area contributed by atoms with Gasteiger partial charge in [0, 0.05) is 40.4 Å². The quantitative estimate of drug-likeness (QED) is 0.169. The summed E-state index contributed by atoms with van der Waals surface area (Å²) in [7, 11) is 0. The molecule has 0 N–H and O–H groups in total. The van der Waals surface area contributed by atoms with Crippen LogP contribution in [-0.4, -0.2) is 31.2 Å². The minimum Gasteiger partial charge on any atom is -0.457 e. The zero-order valence-electron chi connectivity index (χ0n) is 32.0. The lowest BCUT2D eigenvalue weighted by Crippen LogP contribution is -2.25. The van der Waals surface area contributed by atoms with Crippen LogP contribution in [0.1, 0.15) is 52.7 Å². The van der Waals surface area contributed by atoms with E-state index in [1.165, 1.54) is 16.5 Å². The van der Waals surface area contributed by atoms with E-state index < -0.39 is 0 Å². The van der Waals surface area contributed by atoms with E-state index >= 15 is 0 Å². The summed E-state index contributed by atoms with van der Waals surface area (Å²) >= 11 is 0. The van der Waals surface area contributed by atoms with Crippen LogP contribution in [0.25, 0.3) is 39.0 Å². The number of benzene rings is 5. The molecule has 4 heterocycles. The van der Waals surface area contributed by atoms with E-state index in [0.717, 1.165) is 62.0 Å². The number of nitrogens with zero attached hydrogens (tertiary/aromatic N) is 7. The van der Waals surface area contributed by atoms with Gasteiger partial charge in [0.15, 0.2) is 5.82 Å². The summed E-state index contributed by atoms with van der Waals surface area (Å²) in [6.07, 6.45) is 5.02. The molecule has 0 amide bonds. The second-order valence-corrected chi connectivity index (χ2v) is 16.2. The van der Waals surface area contributed by atoms with Crippen molar-refractivity contribution in [3.05, 3.63) is 151 Å². The van der Waals surface area contributed by atoms with Gasteiger partial charge in [-0.15, -0.1) is 0 Å². The van der Waals surface area contributed by atoms with Gasteiger partial charge in [0.25, 0.3) is 0 Å². The molecule has 5 aromatic carbocycles. The lowest BCUT2D eigenvalue weighted by molar-refractivity contribution is 0.483. The number of hydrogen-bond acceptors (Lipinski definition) is 7. The summed E-state index contributed by atoms with van der Waals surface area (Å²) in [4.78, 5) is 22.7. The van der Waals surface area contributed by atoms with Gasteiger partial charge in [-0.3, -0.25) is 4.57 Å². The molecule has 272 valence electrons. The molecule has 0 atom stereocenters. The van der Waals surface area contributed by atoms with E-state index in [1.54, 1.807) is 12.7 Å². The third-order valence-electron chi connectivity index (χ3n) is 10.5. The van der Waals surface area contributed by atoms with Gasteiger partial charge >= 0.3 is 0 Å². The molecule has 3 aromatic heterocycles. The van der Waals surface area contributed by atoms with Crippen LogP contribution in [-0.2, 0) is 10.8 Å². The van der Waals surface area contributed by atoms with Crippen molar-refractivity contribution in [2.75, 3.05) is 16.5 Å². The molecule has 1 aliphatic rings. The van der Waals surface area contributed by atoms with E-state index in [-0.39, 0.29) is 10.8 Å². The highest BCUT2D eigenvalue weighted by Gasteiger charge is 2.31. The fraction of sp³-hybridized carbons (Fsp3) is 0.191. The van der Waals surface area contributed by atoms with Gasteiger partial charge in [0.1, 0.15) is 36.6 Å². The molecule has 0 bridgehead atoms. The van der Waals surface area contributed by atoms with Crippen molar-refractivity contribution >= 4 is 44.6 Å². The summed E-state index contributed by atoms with van der Waals surface area (Å²) in [5.74, 6) is 3.04. The van der Waals surface area contributed by atoms with Crippen LogP contribution >= 0.6 is 0 Å². The second-order valence-electron chi connectivity index (χ2n) is 16.2. The van der Waals surface area contributed by atoms with Crippen molar-refractivity contribution in [2.45, 2.75) is 52.4 Å². The van der Waals surface area contributed by atoms with Crippen molar-refractivity contribution in [1.29, 1.82) is 0 Å². The Morgan fingerprint density at radius 2 is 1.24 bits per heavy atom. The Bertz CT molecular complexity index is 2710. The first-order chi connectivity index (χ1) is 26.5. The lowest BCUT2D eigenvalue weighted by atomic mass is 9.86. The molecule has 0 spiro atoms. The number of para-hydroxylation sites is 3. The number of anilines is 4. The topological polar surface area (TPSA) is 72.2 Å². The maximum Gasteiger partial charge on any atom is 0.164 e. The molecule has 8 heteroatoms. The third-order valence-corrected chi connectivity index (χ3v) is 10.5. The molecule has 0 unspecified atom stereocenters. The van der Waals surface area contributed by atoms with Crippen LogP contribution in [0.5, 0.6) is 11.5 Å². The zero-order chi connectivity index (χ0) is 37.9. The molecule has 0 saturated heterocycles. The first-order valence-corrected chi connectivity index (χ1v) is 18.7. The van der Waals surface area contributed by atoms with Gasteiger partial charge in [-0.25, -0.2) is 19.9 Å². The van der Waals surface area contributed by atoms with Gasteiger partial charge in [-0.2, -0.15) is 0 Å². The summed E-state index contributed by atoms with van der Waals surface area (Å²) in [6.45, 7) is 14.0. The van der Waals surface area contributed by atoms with Gasteiger partial charge in [0.2, 0.25) is 0 Å². The van der Waals surface area contributed by atoms with Gasteiger partial charge in [-0.05, 0) is 88.7 Å². The van der Waals surface area contributed by atoms with Crippen LogP contribution < -0.4 is 14.5 Å². The van der Waals surface area contributed by atoms with Gasteiger partial charge in [-0.1, -0.05) is 84.0 Å². The Morgan fingerprint density at radius 1 is 0.545 bits per heavy atom. The fourth-order valence-corrected chi connectivity index (χ4v) is 7.55. The smallest absolute Gasteiger partial charge is 0.164 e. The monoisotopic (exact) mass is 721 g/mol. The molecular weight excluding hydrogens is 679 g/mol. The highest BCUT2D eigenvalue weighted by Crippen LogP contribution is 2.48. The van der Waals surface area contributed by atoms with E-state index in [9.17, 15) is 0 Å². The number of pyridine rings is 1. The zero-order valence-corrected chi connectivity index (χ0v) is 32.0. The highest BCUT2D eigenvalue weighted by molar-refractivity contribution is 6.09. The van der Waals surface area contributed by atoms with Crippen LogP contribution in [0.4, 0.5) is 22.7 Å². The average Bonchev–Trinajstić information content (AvgIpc) is 3.74. The Kier molecular flexibility index (Phi) is 8.15. The van der Waals surface area contributed by atoms with Crippen molar-refractivity contribution in [2.24, 2.45) is 0 Å². The Labute approximate surface area is 321 Å². The second kappa shape index (κ2) is 13.1. The summed E-state index contributed by atoms with van der Waals surface area (Å²) in [5.41, 5.74) is 9.83. The first-order valence-electron chi connectivity index (χ1n) is 18.7. The Morgan fingerprint density at radius 3 is 2.02 bits per heavy atom. The molecule has 0 saturated carbocycles. The molecule has 8 aromatic rings. The molecule has 8 nitrogen and oxygen atoms in total. The minimum absolute atomic E-state index is 0.00456. The largest absolute Gasteiger partial charge is 0.457 e. The molecule has 0 radical (unpaired) electrons. The molecule has 9 rings (SSSR count). The van der Waals surface area contributed by atoms with E-state index in [0.29, 0.717) is 12.5 Å². The van der Waals surface area contributed by atoms with Crippen molar-refractivity contribution in [3.63, 3.8) is 0 Å². The Balaban J connectivity index is 1.09. The van der Waals surface area contributed by atoms with Crippen molar-refractivity contribution in [1.82, 2.24) is 24.5 Å². The number of rotatable bonds is 6. The van der Waals surface area contributed by atoms with Crippen LogP contribution in [0.2, 0.25) is 0 Å². The SMILES string of the molecule is CC(C)(C)c1ccnc(-n2c3ccccc3c3ccc(Oc4cccc(N5CN(c6cc(C(C)(C)C)ccc6-c6ncncn6)c6ccccc65)c4)cc32)c1. The van der Waals surface area contributed by atoms with Crippen LogP contribution in [0, 0.1) is 0 Å². The number of hydrogen-bond donors (Lipinski definition) is 0. The highest BCUT2D eigenvalue weighted by atomic mass is 16.5. The number of ether oxygens (including phenoxy) is 1. The summed E-state index contributed by atoms with van der Waals surface area (Å²) in [5, 5.41) is 2.33. The van der Waals surface area contributed by atoms with E-state index in [1.807, 2.05) is 12.3 Å². The predicted molar refractivity (Wildman–Crippen MR) is 223 cm³/mol. The maximum absolute atomic E-state index is 6.68. The molecule has 55 heavy (non-hydrogen) atoms. The first kappa shape index (κ1) is 34.2. The average molecular weight is 722 g/mol. The van der Waals surface area contributed by atoms with Crippen molar-refractivity contribution < 1.29 is 4.74 Å². The third kappa shape index (κ3) is 6.23. The van der Waals surface area contributed by atoms with Crippen molar-refractivity contribution in [3.8, 4) is 28.7 Å². The van der Waals surface area contributed by atoms with Gasteiger partial charge in [0.05, 0.1) is 28.1 Å². The number of fused-ring (bicyclic) bond motifs is 4. The molecule has 0 fully saturated rings. The summed E-state index contributed by atoms with van der Waals surface area (Å²) < 4.78 is 8.93. The number of aromatic nitrogens is 5. The Hall–Kier alpha value is -6.54. The molecule has 0 aliphatic carbocycles.